The monoisotopic (exact) mass is 210 g/mol. The van der Waals surface area contributed by atoms with Gasteiger partial charge in [0.2, 0.25) is 0 Å². The summed E-state index contributed by atoms with van der Waals surface area (Å²) >= 11 is 0. The van der Waals surface area contributed by atoms with E-state index in [2.05, 4.69) is 42.4 Å². The van der Waals surface area contributed by atoms with E-state index < -0.39 is 0 Å². The van der Waals surface area contributed by atoms with Crippen LogP contribution in [0.1, 0.15) is 25.6 Å². The van der Waals surface area contributed by atoms with Gasteiger partial charge in [-0.2, -0.15) is 0 Å². The molecule has 0 aromatic carbocycles. The average Bonchev–Trinajstić information content (AvgIpc) is 2.60. The molecule has 0 radical (unpaired) electrons. The first-order valence-corrected chi connectivity index (χ1v) is 5.41. The highest BCUT2D eigenvalue weighted by molar-refractivity contribution is 5.00. The van der Waals surface area contributed by atoms with E-state index in [0.717, 1.165) is 12.2 Å². The Bertz CT molecular complexity index is 291. The van der Waals surface area contributed by atoms with Gasteiger partial charge in [0.15, 0.2) is 0 Å². The van der Waals surface area contributed by atoms with Gasteiger partial charge in [-0.3, -0.25) is 0 Å². The Kier molecular flexibility index (Phi) is 4.29. The molecule has 1 rings (SSSR count). The maximum absolute atomic E-state index is 5.69. The smallest absolute Gasteiger partial charge is 0.0951 e. The average molecular weight is 210 g/mol. The molecule has 1 aromatic rings. The third kappa shape index (κ3) is 3.04. The summed E-state index contributed by atoms with van der Waals surface area (Å²) < 4.78 is 2.20. The summed E-state index contributed by atoms with van der Waals surface area (Å²) in [5.74, 6) is 0.576. The highest BCUT2D eigenvalue weighted by Gasteiger charge is 2.18. The molecule has 0 aliphatic rings. The Hall–Kier alpha value is -0.870. The van der Waals surface area contributed by atoms with Crippen molar-refractivity contribution in [2.45, 2.75) is 26.4 Å². The first-order valence-electron chi connectivity index (χ1n) is 5.41. The Morgan fingerprint density at radius 2 is 2.13 bits per heavy atom. The number of imidazole rings is 1. The maximum atomic E-state index is 5.69. The van der Waals surface area contributed by atoms with Crippen LogP contribution >= 0.6 is 0 Å². The van der Waals surface area contributed by atoms with Gasteiger partial charge in [-0.05, 0) is 20.0 Å². The van der Waals surface area contributed by atoms with Crippen molar-refractivity contribution in [2.75, 3.05) is 20.6 Å². The van der Waals surface area contributed by atoms with E-state index in [4.69, 9.17) is 5.73 Å². The SMILES string of the molecule is CC(C)C(CN(C)C)n1cncc1CN. The van der Waals surface area contributed by atoms with Crippen LogP contribution in [0.3, 0.4) is 0 Å². The van der Waals surface area contributed by atoms with E-state index in [1.54, 1.807) is 0 Å². The van der Waals surface area contributed by atoms with E-state index in [9.17, 15) is 0 Å². The number of hydrogen-bond donors (Lipinski definition) is 1. The summed E-state index contributed by atoms with van der Waals surface area (Å²) in [6.07, 6.45) is 3.74. The fourth-order valence-electron chi connectivity index (χ4n) is 1.78. The zero-order valence-corrected chi connectivity index (χ0v) is 10.1. The van der Waals surface area contributed by atoms with Gasteiger partial charge >= 0.3 is 0 Å². The van der Waals surface area contributed by atoms with Gasteiger partial charge in [-0.1, -0.05) is 13.8 Å². The molecule has 4 heteroatoms. The minimum atomic E-state index is 0.445. The van der Waals surface area contributed by atoms with Crippen LogP contribution in [0.2, 0.25) is 0 Å². The molecule has 1 aromatic heterocycles. The predicted octanol–water partition coefficient (Wildman–Crippen LogP) is 1.10. The van der Waals surface area contributed by atoms with Gasteiger partial charge in [-0.25, -0.2) is 4.98 Å². The van der Waals surface area contributed by atoms with Gasteiger partial charge in [0.1, 0.15) is 0 Å². The zero-order valence-electron chi connectivity index (χ0n) is 10.1. The first kappa shape index (κ1) is 12.2. The Labute approximate surface area is 92.1 Å². The first-order chi connectivity index (χ1) is 7.06. The van der Waals surface area contributed by atoms with Crippen LogP contribution in [0.15, 0.2) is 12.5 Å². The van der Waals surface area contributed by atoms with Crippen LogP contribution in [0.4, 0.5) is 0 Å². The molecular formula is C11H22N4. The fourth-order valence-corrected chi connectivity index (χ4v) is 1.78. The third-order valence-corrected chi connectivity index (χ3v) is 2.63. The second-order valence-electron chi connectivity index (χ2n) is 4.57. The number of likely N-dealkylation sites (N-methyl/N-ethyl adjacent to an activating group) is 1. The minimum absolute atomic E-state index is 0.445. The number of rotatable bonds is 5. The largest absolute Gasteiger partial charge is 0.329 e. The van der Waals surface area contributed by atoms with Crippen molar-refractivity contribution in [2.24, 2.45) is 11.7 Å². The van der Waals surface area contributed by atoms with E-state index in [1.165, 1.54) is 0 Å². The summed E-state index contributed by atoms with van der Waals surface area (Å²) in [5, 5.41) is 0. The molecular weight excluding hydrogens is 188 g/mol. The molecule has 0 saturated carbocycles. The maximum Gasteiger partial charge on any atom is 0.0951 e. The predicted molar refractivity (Wildman–Crippen MR) is 62.5 cm³/mol. The normalized spacial score (nSPS) is 13.8. The highest BCUT2D eigenvalue weighted by Crippen LogP contribution is 2.20. The van der Waals surface area contributed by atoms with Crippen molar-refractivity contribution >= 4 is 0 Å². The molecule has 1 atom stereocenters. The molecule has 4 nitrogen and oxygen atoms in total. The molecule has 1 heterocycles. The lowest BCUT2D eigenvalue weighted by Crippen LogP contribution is -2.29. The second kappa shape index (κ2) is 5.28. The van der Waals surface area contributed by atoms with Crippen molar-refractivity contribution in [3.05, 3.63) is 18.2 Å². The van der Waals surface area contributed by atoms with Gasteiger partial charge in [0, 0.05) is 25.3 Å². The van der Waals surface area contributed by atoms with Crippen molar-refractivity contribution < 1.29 is 0 Å². The quantitative estimate of drug-likeness (QED) is 0.791. The summed E-state index contributed by atoms with van der Waals surface area (Å²) in [6, 6.07) is 0.445. The Balaban J connectivity index is 2.88. The molecule has 0 bridgehead atoms. The molecule has 0 saturated heterocycles. The van der Waals surface area contributed by atoms with Crippen LogP contribution in [-0.2, 0) is 6.54 Å². The Morgan fingerprint density at radius 3 is 2.60 bits per heavy atom. The lowest BCUT2D eigenvalue weighted by molar-refractivity contribution is 0.265. The summed E-state index contributed by atoms with van der Waals surface area (Å²) in [4.78, 5) is 6.37. The zero-order chi connectivity index (χ0) is 11.4. The molecule has 0 aliphatic heterocycles. The highest BCUT2D eigenvalue weighted by atomic mass is 15.2. The lowest BCUT2D eigenvalue weighted by atomic mass is 10.0. The lowest BCUT2D eigenvalue weighted by Gasteiger charge is -2.27. The summed E-state index contributed by atoms with van der Waals surface area (Å²) in [6.45, 7) is 6.03. The van der Waals surface area contributed by atoms with Crippen molar-refractivity contribution in [3.63, 3.8) is 0 Å². The number of hydrogen-bond acceptors (Lipinski definition) is 3. The van der Waals surface area contributed by atoms with E-state index in [-0.39, 0.29) is 0 Å². The molecule has 0 spiro atoms. The van der Waals surface area contributed by atoms with Crippen LogP contribution in [0, 0.1) is 5.92 Å². The minimum Gasteiger partial charge on any atom is -0.329 e. The molecule has 0 amide bonds. The molecule has 86 valence electrons. The van der Waals surface area contributed by atoms with Gasteiger partial charge in [0.05, 0.1) is 12.0 Å². The van der Waals surface area contributed by atoms with Gasteiger partial charge in [0.25, 0.3) is 0 Å². The van der Waals surface area contributed by atoms with E-state index in [0.29, 0.717) is 18.5 Å². The van der Waals surface area contributed by atoms with Crippen LogP contribution in [-0.4, -0.2) is 35.1 Å². The second-order valence-corrected chi connectivity index (χ2v) is 4.57. The summed E-state index contributed by atoms with van der Waals surface area (Å²) in [5.41, 5.74) is 6.80. The molecule has 0 aliphatic carbocycles. The van der Waals surface area contributed by atoms with Crippen LogP contribution < -0.4 is 5.73 Å². The number of nitrogens with two attached hydrogens (primary N) is 1. The van der Waals surface area contributed by atoms with Crippen molar-refractivity contribution in [1.82, 2.24) is 14.5 Å². The van der Waals surface area contributed by atoms with Crippen LogP contribution in [0.25, 0.3) is 0 Å². The van der Waals surface area contributed by atoms with Gasteiger partial charge in [-0.15, -0.1) is 0 Å². The van der Waals surface area contributed by atoms with E-state index >= 15 is 0 Å². The molecule has 15 heavy (non-hydrogen) atoms. The number of nitrogens with zero attached hydrogens (tertiary/aromatic N) is 3. The fraction of sp³-hybridized carbons (Fsp3) is 0.727. The van der Waals surface area contributed by atoms with Crippen molar-refractivity contribution in [1.29, 1.82) is 0 Å². The van der Waals surface area contributed by atoms with Crippen LogP contribution in [0.5, 0.6) is 0 Å². The molecule has 2 N–H and O–H groups in total. The Morgan fingerprint density at radius 1 is 1.47 bits per heavy atom. The van der Waals surface area contributed by atoms with E-state index in [1.807, 2.05) is 12.5 Å². The topological polar surface area (TPSA) is 47.1 Å². The summed E-state index contributed by atoms with van der Waals surface area (Å²) in [7, 11) is 4.18. The standard InChI is InChI=1S/C11H22N4/c1-9(2)11(7-14(3)4)15-8-13-6-10(15)5-12/h6,8-9,11H,5,7,12H2,1-4H3. The molecule has 1 unspecified atom stereocenters. The molecule has 0 fully saturated rings. The third-order valence-electron chi connectivity index (χ3n) is 2.63. The van der Waals surface area contributed by atoms with Gasteiger partial charge < -0.3 is 15.2 Å². The number of aromatic nitrogens is 2. The van der Waals surface area contributed by atoms with Crippen molar-refractivity contribution in [3.8, 4) is 0 Å².